The van der Waals surface area contributed by atoms with E-state index in [1.54, 1.807) is 24.3 Å². The van der Waals surface area contributed by atoms with Crippen molar-refractivity contribution in [3.63, 3.8) is 0 Å². The normalized spacial score (nSPS) is 13.3. The van der Waals surface area contributed by atoms with Gasteiger partial charge in [0, 0.05) is 22.7 Å². The Hall–Kier alpha value is -3.79. The molecule has 0 unspecified atom stereocenters. The molecule has 1 fully saturated rings. The van der Waals surface area contributed by atoms with Gasteiger partial charge < -0.3 is 25.6 Å². The molecule has 2 heterocycles. The number of phenols is 1. The predicted octanol–water partition coefficient (Wildman–Crippen LogP) is 7.64. The summed E-state index contributed by atoms with van der Waals surface area (Å²) in [4.78, 5) is 16.1. The van der Waals surface area contributed by atoms with E-state index in [1.165, 1.54) is 57.6 Å². The van der Waals surface area contributed by atoms with Crippen molar-refractivity contribution in [1.82, 2.24) is 10.2 Å². The van der Waals surface area contributed by atoms with Crippen LogP contribution in [-0.4, -0.2) is 61.3 Å². The lowest BCUT2D eigenvalue weighted by Gasteiger charge is -2.15. The zero-order valence-corrected chi connectivity index (χ0v) is 30.0. The number of fused-ring (bicyclic) bond motifs is 1. The number of phenolic OH excluding ortho intramolecular Hbond substituents is 1. The summed E-state index contributed by atoms with van der Waals surface area (Å²) >= 11 is 1.83. The Morgan fingerprint density at radius 1 is 0.837 bits per heavy atom. The standard InChI is InChI=1S/C39H43N3O4S.2ClH/c40-36(27-29-8-14-31(43)15-9-29)39(44)41-20-5-24-45-33-18-12-30(13-19-33)38-35(34-6-1-2-7-37(34)47-38)26-28-10-16-32(17-11-28)46-25-23-42-21-3-4-22-42;;/h1-2,6-19,36,43H,3-5,20-27,40H2,(H,41,44);2*1H/t36-;;/m0../s1. The second-order valence-electron chi connectivity index (χ2n) is 12.1. The minimum atomic E-state index is -0.644. The van der Waals surface area contributed by atoms with Crippen molar-refractivity contribution in [1.29, 1.82) is 0 Å². The number of likely N-dealkylation sites (tertiary alicyclic amines) is 1. The van der Waals surface area contributed by atoms with Gasteiger partial charge in [-0.05, 0) is 127 Å². The first kappa shape index (κ1) is 38.0. The highest BCUT2D eigenvalue weighted by Crippen LogP contribution is 2.40. The molecule has 1 aliphatic rings. The molecule has 1 amide bonds. The molecule has 0 aliphatic carbocycles. The lowest BCUT2D eigenvalue weighted by Crippen LogP contribution is -2.42. The molecular weight excluding hydrogens is 677 g/mol. The summed E-state index contributed by atoms with van der Waals surface area (Å²) in [6, 6.07) is 31.6. The van der Waals surface area contributed by atoms with Crippen LogP contribution >= 0.6 is 36.2 Å². The number of hydrogen-bond donors (Lipinski definition) is 3. The number of thiophene rings is 1. The van der Waals surface area contributed by atoms with Crippen LogP contribution in [0.1, 0.15) is 36.0 Å². The largest absolute Gasteiger partial charge is 0.508 e. The average Bonchev–Trinajstić information content (AvgIpc) is 3.75. The van der Waals surface area contributed by atoms with Crippen molar-refractivity contribution >= 4 is 52.1 Å². The van der Waals surface area contributed by atoms with E-state index in [0.29, 0.717) is 26.0 Å². The van der Waals surface area contributed by atoms with Gasteiger partial charge in [-0.2, -0.15) is 0 Å². The van der Waals surface area contributed by atoms with Crippen LogP contribution < -0.4 is 20.5 Å². The van der Waals surface area contributed by atoms with Crippen LogP contribution in [0.25, 0.3) is 20.5 Å². The number of nitrogens with one attached hydrogen (secondary N) is 1. The van der Waals surface area contributed by atoms with Gasteiger partial charge in [-0.1, -0.05) is 42.5 Å². The van der Waals surface area contributed by atoms with Gasteiger partial charge >= 0.3 is 0 Å². The second kappa shape index (κ2) is 18.8. The van der Waals surface area contributed by atoms with Gasteiger partial charge in [0.2, 0.25) is 5.91 Å². The topological polar surface area (TPSA) is 97.0 Å². The minimum absolute atomic E-state index is 0. The summed E-state index contributed by atoms with van der Waals surface area (Å²) in [6.45, 7) is 5.07. The predicted molar refractivity (Wildman–Crippen MR) is 205 cm³/mol. The van der Waals surface area contributed by atoms with E-state index in [4.69, 9.17) is 15.2 Å². The highest BCUT2D eigenvalue weighted by Gasteiger charge is 2.16. The summed E-state index contributed by atoms with van der Waals surface area (Å²) in [6.07, 6.45) is 4.53. The monoisotopic (exact) mass is 721 g/mol. The smallest absolute Gasteiger partial charge is 0.237 e. The Bertz CT molecular complexity index is 1740. The maximum atomic E-state index is 12.4. The molecule has 0 radical (unpaired) electrons. The summed E-state index contributed by atoms with van der Waals surface area (Å²) in [5, 5.41) is 13.6. The van der Waals surface area contributed by atoms with E-state index in [0.717, 1.165) is 36.6 Å². The fraction of sp³-hybridized carbons (Fsp3) is 0.308. The first-order valence-corrected chi connectivity index (χ1v) is 17.3. The number of amides is 1. The van der Waals surface area contributed by atoms with Crippen molar-refractivity contribution in [3.8, 4) is 27.7 Å². The maximum Gasteiger partial charge on any atom is 0.237 e. The Labute approximate surface area is 305 Å². The molecule has 6 rings (SSSR count). The van der Waals surface area contributed by atoms with E-state index < -0.39 is 6.04 Å². The summed E-state index contributed by atoms with van der Waals surface area (Å²) in [5.41, 5.74) is 10.7. The Kier molecular flexibility index (Phi) is 14.6. The first-order valence-electron chi connectivity index (χ1n) is 16.5. The molecule has 7 nitrogen and oxygen atoms in total. The molecule has 260 valence electrons. The van der Waals surface area contributed by atoms with Gasteiger partial charge in [-0.15, -0.1) is 36.2 Å². The lowest BCUT2D eigenvalue weighted by atomic mass is 9.99. The van der Waals surface area contributed by atoms with Gasteiger partial charge in [0.15, 0.2) is 0 Å². The molecule has 4 N–H and O–H groups in total. The number of hydrogen-bond acceptors (Lipinski definition) is 7. The van der Waals surface area contributed by atoms with Crippen molar-refractivity contribution in [2.75, 3.05) is 39.4 Å². The molecule has 1 atom stereocenters. The number of halogens is 2. The number of carbonyl (C=O) groups excluding carboxylic acids is 1. The van der Waals surface area contributed by atoms with Crippen LogP contribution in [0.5, 0.6) is 17.2 Å². The van der Waals surface area contributed by atoms with Crippen molar-refractivity contribution in [2.24, 2.45) is 5.73 Å². The zero-order valence-electron chi connectivity index (χ0n) is 27.5. The van der Waals surface area contributed by atoms with Crippen molar-refractivity contribution < 1.29 is 19.4 Å². The number of aromatic hydroxyl groups is 1. The second-order valence-corrected chi connectivity index (χ2v) is 13.2. The quantitative estimate of drug-likeness (QED) is 0.0962. The fourth-order valence-corrected chi connectivity index (χ4v) is 7.23. The van der Waals surface area contributed by atoms with Gasteiger partial charge in [0.05, 0.1) is 12.6 Å². The molecule has 0 spiro atoms. The maximum absolute atomic E-state index is 12.4. The van der Waals surface area contributed by atoms with E-state index >= 15 is 0 Å². The number of benzene rings is 4. The third-order valence-corrected chi connectivity index (χ3v) is 9.87. The minimum Gasteiger partial charge on any atom is -0.508 e. The first-order chi connectivity index (χ1) is 23.0. The molecule has 1 aliphatic heterocycles. The van der Waals surface area contributed by atoms with Gasteiger partial charge in [0.1, 0.15) is 23.9 Å². The van der Waals surface area contributed by atoms with Crippen LogP contribution in [0.3, 0.4) is 0 Å². The lowest BCUT2D eigenvalue weighted by molar-refractivity contribution is -0.122. The van der Waals surface area contributed by atoms with E-state index in [2.05, 4.69) is 70.9 Å². The van der Waals surface area contributed by atoms with Crippen LogP contribution in [0.2, 0.25) is 0 Å². The SMILES string of the molecule is Cl.Cl.N[C@@H](Cc1ccc(O)cc1)C(=O)NCCCOc1ccc(-c2sc3ccccc3c2Cc2ccc(OCCN3CCCC3)cc2)cc1. The van der Waals surface area contributed by atoms with Gasteiger partial charge in [-0.25, -0.2) is 0 Å². The van der Waals surface area contributed by atoms with Crippen molar-refractivity contribution in [2.45, 2.75) is 38.1 Å². The molecule has 0 saturated carbocycles. The number of carbonyl (C=O) groups is 1. The van der Waals surface area contributed by atoms with Crippen LogP contribution in [0.4, 0.5) is 0 Å². The molecule has 10 heteroatoms. The van der Waals surface area contributed by atoms with Crippen LogP contribution in [0.15, 0.2) is 97.1 Å². The summed E-state index contributed by atoms with van der Waals surface area (Å²) in [5.74, 6) is 1.72. The summed E-state index contributed by atoms with van der Waals surface area (Å²) < 4.78 is 13.3. The van der Waals surface area contributed by atoms with Crippen LogP contribution in [0, 0.1) is 0 Å². The van der Waals surface area contributed by atoms with Gasteiger partial charge in [0.25, 0.3) is 0 Å². The Morgan fingerprint density at radius 3 is 2.18 bits per heavy atom. The van der Waals surface area contributed by atoms with Gasteiger partial charge in [-0.3, -0.25) is 9.69 Å². The number of ether oxygens (including phenoxy) is 2. The van der Waals surface area contributed by atoms with E-state index in [1.807, 2.05) is 23.5 Å². The molecule has 49 heavy (non-hydrogen) atoms. The van der Waals surface area contributed by atoms with Crippen molar-refractivity contribution in [3.05, 3.63) is 114 Å². The number of nitrogens with zero attached hydrogens (tertiary/aromatic N) is 1. The van der Waals surface area contributed by atoms with Crippen LogP contribution in [-0.2, 0) is 17.6 Å². The molecule has 4 aromatic carbocycles. The average molecular weight is 723 g/mol. The zero-order chi connectivity index (χ0) is 32.4. The fourth-order valence-electron chi connectivity index (χ4n) is 6.00. The molecule has 1 saturated heterocycles. The highest BCUT2D eigenvalue weighted by molar-refractivity contribution is 7.22. The third kappa shape index (κ3) is 10.6. The van der Waals surface area contributed by atoms with E-state index in [-0.39, 0.29) is 36.5 Å². The highest BCUT2D eigenvalue weighted by atomic mass is 35.5. The summed E-state index contributed by atoms with van der Waals surface area (Å²) in [7, 11) is 0. The molecule has 0 bridgehead atoms. The third-order valence-electron chi connectivity index (χ3n) is 8.61. The molecule has 5 aromatic rings. The Morgan fingerprint density at radius 2 is 1.47 bits per heavy atom. The van der Waals surface area contributed by atoms with E-state index in [9.17, 15) is 9.90 Å². The molecular formula is C39H45Cl2N3O4S. The number of rotatable bonds is 15. The molecule has 1 aromatic heterocycles. The Balaban J connectivity index is 0.00000270. The number of nitrogens with two attached hydrogens (primary N) is 1.